The Kier molecular flexibility index (Phi) is 19.1. The first kappa shape index (κ1) is 49.3. The molecule has 0 spiro atoms. The zero-order valence-electron chi connectivity index (χ0n) is 34.4. The van der Waals surface area contributed by atoms with E-state index in [2.05, 4.69) is 66.8 Å². The minimum atomic E-state index is -0.963. The van der Waals surface area contributed by atoms with Crippen LogP contribution < -0.4 is 10.6 Å². The van der Waals surface area contributed by atoms with Gasteiger partial charge >= 0.3 is 0 Å². The predicted molar refractivity (Wildman–Crippen MR) is 240 cm³/mol. The molecule has 4 fully saturated rings. The number of hydrogen-bond acceptors (Lipinski definition) is 8. The molecule has 0 radical (unpaired) electrons. The van der Waals surface area contributed by atoms with Crippen molar-refractivity contribution in [1.29, 1.82) is 0 Å². The van der Waals surface area contributed by atoms with Crippen LogP contribution in [0.2, 0.25) is 0 Å². The topological polar surface area (TPSA) is 139 Å². The highest BCUT2D eigenvalue weighted by molar-refractivity contribution is 9.09. The van der Waals surface area contributed by atoms with E-state index in [1.54, 1.807) is 22.8 Å². The molecule has 4 unspecified atom stereocenters. The fourth-order valence-corrected chi connectivity index (χ4v) is 8.85. The van der Waals surface area contributed by atoms with Gasteiger partial charge in [0.2, 0.25) is 17.7 Å². The van der Waals surface area contributed by atoms with Crippen LogP contribution in [0.15, 0.2) is 36.4 Å². The number of fused-ring (bicyclic) bond motifs is 2. The Labute approximate surface area is 359 Å². The Balaban J connectivity index is 0.000000246. The Morgan fingerprint density at radius 2 is 1.26 bits per heavy atom. The van der Waals surface area contributed by atoms with Gasteiger partial charge < -0.3 is 9.80 Å². The van der Waals surface area contributed by atoms with E-state index in [0.29, 0.717) is 43.0 Å². The molecule has 6 aliphatic heterocycles. The number of rotatable bonds is 3. The lowest BCUT2D eigenvalue weighted by atomic mass is 9.88. The first-order chi connectivity index (χ1) is 27.2. The molecule has 58 heavy (non-hydrogen) atoms. The number of hydrogen-bond donors (Lipinski definition) is 2. The van der Waals surface area contributed by atoms with Crippen molar-refractivity contribution < 1.29 is 28.8 Å². The summed E-state index contributed by atoms with van der Waals surface area (Å²) in [6.45, 7) is 17.2. The molecular weight excluding hydrogens is 838 g/mol. The van der Waals surface area contributed by atoms with Crippen LogP contribution in [-0.4, -0.2) is 97.2 Å². The van der Waals surface area contributed by atoms with Crippen LogP contribution in [-0.2, 0) is 32.3 Å². The van der Waals surface area contributed by atoms with Crippen molar-refractivity contribution in [2.45, 2.75) is 136 Å². The number of nitrogens with zero attached hydrogens (tertiary/aromatic N) is 4. The number of halogens is 1. The molecule has 2 aromatic carbocycles. The fraction of sp³-hybridized carbons (Fsp3) is 0.581. The van der Waals surface area contributed by atoms with Gasteiger partial charge in [-0.25, -0.2) is 0 Å². The molecule has 320 valence electrons. The van der Waals surface area contributed by atoms with Crippen molar-refractivity contribution in [2.24, 2.45) is 0 Å². The minimum absolute atomic E-state index is 0. The van der Waals surface area contributed by atoms with E-state index in [9.17, 15) is 28.8 Å². The van der Waals surface area contributed by atoms with Gasteiger partial charge in [0.25, 0.3) is 17.7 Å². The molecule has 0 saturated carbocycles. The second-order valence-electron chi connectivity index (χ2n) is 15.0. The van der Waals surface area contributed by atoms with E-state index in [0.717, 1.165) is 47.4 Å². The summed E-state index contributed by atoms with van der Waals surface area (Å²) in [6.07, 6.45) is 6.15. The predicted octanol–water partition coefficient (Wildman–Crippen LogP) is 6.89. The summed E-state index contributed by atoms with van der Waals surface area (Å²) >= 11 is 3.58. The van der Waals surface area contributed by atoms with Gasteiger partial charge in [0, 0.05) is 68.1 Å². The minimum Gasteiger partial charge on any atom is -0.322 e. The Morgan fingerprint density at radius 1 is 0.707 bits per heavy atom. The smallest absolute Gasteiger partial charge is 0.255 e. The summed E-state index contributed by atoms with van der Waals surface area (Å²) in [5, 5.41) is 4.68. The number of piperidine rings is 4. The van der Waals surface area contributed by atoms with Gasteiger partial charge in [0.1, 0.15) is 11.6 Å². The molecular formula is C43H65BrN6O6P2. The number of carbonyl (C=O) groups excluding carboxylic acids is 6. The lowest BCUT2D eigenvalue weighted by Crippen LogP contribution is -2.61. The molecule has 0 aromatic heterocycles. The molecule has 8 rings (SSSR count). The van der Waals surface area contributed by atoms with Crippen LogP contribution in [0.3, 0.4) is 0 Å². The van der Waals surface area contributed by atoms with Crippen LogP contribution in [0.4, 0.5) is 0 Å². The molecule has 4 saturated heterocycles. The van der Waals surface area contributed by atoms with Crippen LogP contribution in [0.5, 0.6) is 0 Å². The van der Waals surface area contributed by atoms with Gasteiger partial charge in [0.15, 0.2) is 0 Å². The number of nitrogens with one attached hydrogen (secondary N) is 2. The van der Waals surface area contributed by atoms with E-state index in [4.69, 9.17) is 0 Å². The number of benzene rings is 2. The number of amides is 6. The Bertz CT molecular complexity index is 1790. The Hall–Kier alpha value is -3.08. The highest BCUT2D eigenvalue weighted by atomic mass is 79.9. The summed E-state index contributed by atoms with van der Waals surface area (Å²) in [5.41, 5.74) is 4.70. The maximum atomic E-state index is 12.9. The monoisotopic (exact) mass is 902 g/mol. The summed E-state index contributed by atoms with van der Waals surface area (Å²) in [4.78, 5) is 76.1. The lowest BCUT2D eigenvalue weighted by molar-refractivity contribution is -0.142. The first-order valence-electron chi connectivity index (χ1n) is 20.4. The number of imide groups is 2. The largest absolute Gasteiger partial charge is 0.322 e. The Morgan fingerprint density at radius 3 is 1.84 bits per heavy atom. The van der Waals surface area contributed by atoms with Crippen LogP contribution in [0, 0.1) is 6.92 Å². The van der Waals surface area contributed by atoms with E-state index in [1.807, 2.05) is 52.8 Å². The van der Waals surface area contributed by atoms with E-state index < -0.39 is 11.6 Å². The molecule has 15 heteroatoms. The zero-order chi connectivity index (χ0) is 42.0. The molecule has 2 aromatic rings. The number of aryl methyl sites for hydroxylation is 1. The van der Waals surface area contributed by atoms with Gasteiger partial charge in [0.05, 0.1) is 0 Å². The summed E-state index contributed by atoms with van der Waals surface area (Å²) in [7, 11) is 5.50. The maximum absolute atomic E-state index is 12.9. The summed E-state index contributed by atoms with van der Waals surface area (Å²) in [5.74, 6) is -0.979. The van der Waals surface area contributed by atoms with Gasteiger partial charge in [-0.3, -0.25) is 48.7 Å². The second kappa shape index (κ2) is 22.5. The molecule has 4 atom stereocenters. The van der Waals surface area contributed by atoms with Crippen molar-refractivity contribution in [3.63, 3.8) is 0 Å². The van der Waals surface area contributed by atoms with Crippen LogP contribution in [0.25, 0.3) is 0 Å². The highest BCUT2D eigenvalue weighted by Gasteiger charge is 2.48. The summed E-state index contributed by atoms with van der Waals surface area (Å²) in [6, 6.07) is 11.3. The van der Waals surface area contributed by atoms with Crippen LogP contribution in [0.1, 0.15) is 142 Å². The maximum Gasteiger partial charge on any atom is 0.255 e. The van der Waals surface area contributed by atoms with Crippen molar-refractivity contribution in [1.82, 2.24) is 29.8 Å². The van der Waals surface area contributed by atoms with Gasteiger partial charge in [-0.05, 0) is 87.1 Å². The average Bonchev–Trinajstić information content (AvgIpc) is 3.72. The van der Waals surface area contributed by atoms with Crippen molar-refractivity contribution in [2.75, 3.05) is 26.2 Å². The van der Waals surface area contributed by atoms with Crippen LogP contribution >= 0.6 is 34.7 Å². The molecule has 6 aliphatic rings. The molecule has 2 N–H and O–H groups in total. The van der Waals surface area contributed by atoms with Crippen molar-refractivity contribution in [3.05, 3.63) is 69.8 Å². The standard InChI is InChI=1S/C19H24N3O3P.C14H14N2O3.C5H11BrNP.2C2H6.CH4/c1-19(7-4-16(23)20-18(19)25)22-11-14-10-13(2-3-15(14)17(22)24)12-5-8-21(26)9-6-12;1-8-2-3-10-9(6-8)7-16(14(10)19)11-4-5-12(17)15-13(11)18;6-5-1-3-7(8)4-2-5;2*1-2;/h2-3,10,12H,4-9,11,26H2,1H3,(H,20,23,25);2-3,6,11H,4-5,7H2,1H3,(H,15,17,18);5H,1-4,8H2;2*1-2H3;1H4. The molecule has 0 bridgehead atoms. The number of carbonyl (C=O) groups is 6. The SMILES string of the molecule is C.CC.CC.CC1(N2Cc3cc(C4CCN(P)CC4)ccc3C2=O)CCC(=O)NC1=O.Cc1ccc2c(c1)CN(C1CCC(=O)NC1=O)C2=O.PN1CCC(Br)CC1. The zero-order valence-corrected chi connectivity index (χ0v) is 38.3. The number of alkyl halides is 1. The molecule has 6 amide bonds. The third kappa shape index (κ3) is 11.8. The van der Waals surface area contributed by atoms with Gasteiger partial charge in [-0.2, -0.15) is 0 Å². The quantitative estimate of drug-likeness (QED) is 0.193. The van der Waals surface area contributed by atoms with E-state index in [-0.39, 0.29) is 55.7 Å². The fourth-order valence-electron chi connectivity index (χ4n) is 7.85. The van der Waals surface area contributed by atoms with E-state index in [1.165, 1.54) is 31.5 Å². The average molecular weight is 904 g/mol. The third-order valence-electron chi connectivity index (χ3n) is 11.2. The second-order valence-corrected chi connectivity index (χ2v) is 17.8. The molecule has 6 heterocycles. The lowest BCUT2D eigenvalue weighted by Gasteiger charge is -2.39. The van der Waals surface area contributed by atoms with Gasteiger partial charge in [-0.1, -0.05) is 99.7 Å². The third-order valence-corrected chi connectivity index (χ3v) is 13.2. The first-order valence-corrected chi connectivity index (χ1v) is 22.3. The van der Waals surface area contributed by atoms with E-state index >= 15 is 0 Å². The van der Waals surface area contributed by atoms with Gasteiger partial charge in [-0.15, -0.1) is 0 Å². The van der Waals surface area contributed by atoms with Crippen molar-refractivity contribution >= 4 is 70.2 Å². The highest BCUT2D eigenvalue weighted by Crippen LogP contribution is 2.37. The summed E-state index contributed by atoms with van der Waals surface area (Å²) < 4.78 is 4.55. The molecule has 0 aliphatic carbocycles. The molecule has 12 nitrogen and oxygen atoms in total. The normalized spacial score (nSPS) is 23.6. The van der Waals surface area contributed by atoms with Crippen molar-refractivity contribution in [3.8, 4) is 0 Å².